The van der Waals surface area contributed by atoms with Gasteiger partial charge in [0, 0.05) is 17.8 Å². The first-order chi connectivity index (χ1) is 11.8. The van der Waals surface area contributed by atoms with E-state index in [0.717, 1.165) is 17.7 Å². The van der Waals surface area contributed by atoms with Crippen molar-refractivity contribution in [3.8, 4) is 0 Å². The number of non-ortho nitro benzene ring substituents is 1. The molecular formula is C17H17N3O5. The van der Waals surface area contributed by atoms with Gasteiger partial charge in [-0.05, 0) is 37.6 Å². The predicted molar refractivity (Wildman–Crippen MR) is 92.2 cm³/mol. The van der Waals surface area contributed by atoms with Gasteiger partial charge in [-0.2, -0.15) is 0 Å². The monoisotopic (exact) mass is 343 g/mol. The summed E-state index contributed by atoms with van der Waals surface area (Å²) in [5.41, 5.74) is 6.84. The van der Waals surface area contributed by atoms with Crippen LogP contribution in [0.2, 0.25) is 0 Å². The van der Waals surface area contributed by atoms with Crippen LogP contribution in [0.3, 0.4) is 0 Å². The number of anilines is 2. The minimum Gasteiger partial charge on any atom is -0.449 e. The molecule has 1 unspecified atom stereocenters. The fraction of sp³-hybridized carbons (Fsp3) is 0.176. The smallest absolute Gasteiger partial charge is 0.341 e. The molecule has 0 saturated heterocycles. The number of nitro benzene ring substituents is 1. The number of carbonyl (C=O) groups excluding carboxylic acids is 2. The van der Waals surface area contributed by atoms with Gasteiger partial charge in [0.15, 0.2) is 6.10 Å². The molecule has 0 aliphatic heterocycles. The molecule has 0 spiro atoms. The number of carbonyl (C=O) groups is 2. The van der Waals surface area contributed by atoms with Crippen molar-refractivity contribution in [2.75, 3.05) is 11.1 Å². The molecule has 0 heterocycles. The molecule has 1 atom stereocenters. The number of aryl methyl sites for hydroxylation is 1. The molecule has 0 bridgehead atoms. The van der Waals surface area contributed by atoms with Crippen molar-refractivity contribution in [1.29, 1.82) is 0 Å². The van der Waals surface area contributed by atoms with Crippen LogP contribution in [0.25, 0.3) is 0 Å². The van der Waals surface area contributed by atoms with Gasteiger partial charge in [-0.3, -0.25) is 14.9 Å². The molecule has 0 aliphatic rings. The summed E-state index contributed by atoms with van der Waals surface area (Å²) in [6.45, 7) is 3.31. The molecule has 0 saturated carbocycles. The number of nitro groups is 1. The van der Waals surface area contributed by atoms with Crippen LogP contribution < -0.4 is 11.1 Å². The standard InChI is InChI=1S/C17H17N3O5/c1-10-4-3-5-12(8-10)19-16(21)11(2)25-17(22)14-7-6-13(20(23)24)9-15(14)18/h3-9,11H,18H2,1-2H3,(H,19,21). The molecule has 0 aromatic heterocycles. The molecule has 0 aliphatic carbocycles. The number of nitrogen functional groups attached to an aromatic ring is 1. The van der Waals surface area contributed by atoms with Crippen molar-refractivity contribution < 1.29 is 19.2 Å². The van der Waals surface area contributed by atoms with Crippen molar-refractivity contribution in [1.82, 2.24) is 0 Å². The van der Waals surface area contributed by atoms with Crippen LogP contribution in [0.1, 0.15) is 22.8 Å². The lowest BCUT2D eigenvalue weighted by Crippen LogP contribution is -2.30. The van der Waals surface area contributed by atoms with E-state index in [4.69, 9.17) is 10.5 Å². The highest BCUT2D eigenvalue weighted by molar-refractivity contribution is 5.99. The number of nitrogens with zero attached hydrogens (tertiary/aromatic N) is 1. The van der Waals surface area contributed by atoms with Gasteiger partial charge in [-0.25, -0.2) is 4.79 Å². The first-order valence-corrected chi connectivity index (χ1v) is 7.40. The summed E-state index contributed by atoms with van der Waals surface area (Å²) in [5, 5.41) is 13.3. The zero-order valence-corrected chi connectivity index (χ0v) is 13.7. The van der Waals surface area contributed by atoms with Crippen LogP contribution in [-0.4, -0.2) is 22.9 Å². The predicted octanol–water partition coefficient (Wildman–Crippen LogP) is 2.67. The first kappa shape index (κ1) is 17.9. The van der Waals surface area contributed by atoms with E-state index in [2.05, 4.69) is 5.32 Å². The van der Waals surface area contributed by atoms with E-state index in [9.17, 15) is 19.7 Å². The Bertz CT molecular complexity index is 835. The summed E-state index contributed by atoms with van der Waals surface area (Å²) in [4.78, 5) is 34.3. The third-order valence-electron chi connectivity index (χ3n) is 3.40. The molecule has 25 heavy (non-hydrogen) atoms. The van der Waals surface area contributed by atoms with Crippen LogP contribution >= 0.6 is 0 Å². The van der Waals surface area contributed by atoms with Crippen LogP contribution in [-0.2, 0) is 9.53 Å². The summed E-state index contributed by atoms with van der Waals surface area (Å²) in [5.74, 6) is -1.33. The Morgan fingerprint density at radius 3 is 2.56 bits per heavy atom. The third-order valence-corrected chi connectivity index (χ3v) is 3.40. The van der Waals surface area contributed by atoms with Gasteiger partial charge in [-0.1, -0.05) is 12.1 Å². The Labute approximate surface area is 143 Å². The number of rotatable bonds is 5. The second-order valence-corrected chi connectivity index (χ2v) is 5.43. The van der Waals surface area contributed by atoms with Gasteiger partial charge in [-0.15, -0.1) is 0 Å². The minimum absolute atomic E-state index is 0.0409. The zero-order valence-electron chi connectivity index (χ0n) is 13.7. The zero-order chi connectivity index (χ0) is 18.6. The second-order valence-electron chi connectivity index (χ2n) is 5.43. The van der Waals surface area contributed by atoms with Crippen LogP contribution in [0.15, 0.2) is 42.5 Å². The van der Waals surface area contributed by atoms with Crippen molar-refractivity contribution in [3.63, 3.8) is 0 Å². The molecule has 0 radical (unpaired) electrons. The summed E-state index contributed by atoms with van der Waals surface area (Å²) in [6, 6.07) is 10.6. The summed E-state index contributed by atoms with van der Waals surface area (Å²) < 4.78 is 5.08. The molecule has 1 amide bonds. The van der Waals surface area contributed by atoms with Crippen LogP contribution in [0.5, 0.6) is 0 Å². The molecule has 3 N–H and O–H groups in total. The van der Waals surface area contributed by atoms with E-state index in [1.54, 1.807) is 18.2 Å². The number of hydrogen-bond acceptors (Lipinski definition) is 6. The van der Waals surface area contributed by atoms with E-state index >= 15 is 0 Å². The highest BCUT2D eigenvalue weighted by atomic mass is 16.6. The fourth-order valence-electron chi connectivity index (χ4n) is 2.09. The van der Waals surface area contributed by atoms with E-state index in [0.29, 0.717) is 5.69 Å². The molecular weight excluding hydrogens is 326 g/mol. The molecule has 130 valence electrons. The van der Waals surface area contributed by atoms with E-state index in [1.807, 2.05) is 13.0 Å². The molecule has 2 aromatic rings. The number of amides is 1. The number of hydrogen-bond donors (Lipinski definition) is 2. The van der Waals surface area contributed by atoms with E-state index < -0.39 is 22.9 Å². The molecule has 2 aromatic carbocycles. The SMILES string of the molecule is Cc1cccc(NC(=O)C(C)OC(=O)c2ccc([N+](=O)[O-])cc2N)c1. The van der Waals surface area contributed by atoms with Gasteiger partial charge in [0.25, 0.3) is 11.6 Å². The second kappa shape index (κ2) is 7.43. The first-order valence-electron chi connectivity index (χ1n) is 7.40. The average Bonchev–Trinajstić information content (AvgIpc) is 2.54. The Morgan fingerprint density at radius 2 is 1.96 bits per heavy atom. The Hall–Kier alpha value is -3.42. The van der Waals surface area contributed by atoms with Gasteiger partial charge >= 0.3 is 5.97 Å². The number of ether oxygens (including phenoxy) is 1. The molecule has 8 nitrogen and oxygen atoms in total. The number of nitrogens with two attached hydrogens (primary N) is 1. The largest absolute Gasteiger partial charge is 0.449 e. The van der Waals surface area contributed by atoms with E-state index in [-0.39, 0.29) is 16.9 Å². The number of nitrogens with one attached hydrogen (secondary N) is 1. The lowest BCUT2D eigenvalue weighted by molar-refractivity contribution is -0.384. The third kappa shape index (κ3) is 4.54. The van der Waals surface area contributed by atoms with Crippen molar-refractivity contribution in [3.05, 3.63) is 63.7 Å². The lowest BCUT2D eigenvalue weighted by atomic mass is 10.1. The summed E-state index contributed by atoms with van der Waals surface area (Å²) in [7, 11) is 0. The topological polar surface area (TPSA) is 125 Å². The molecule has 0 fully saturated rings. The Balaban J connectivity index is 2.04. The normalized spacial score (nSPS) is 11.4. The Kier molecular flexibility index (Phi) is 5.33. The maximum Gasteiger partial charge on any atom is 0.341 e. The number of benzene rings is 2. The van der Waals surface area contributed by atoms with Crippen molar-refractivity contribution >= 4 is 28.9 Å². The lowest BCUT2D eigenvalue weighted by Gasteiger charge is -2.14. The highest BCUT2D eigenvalue weighted by Gasteiger charge is 2.21. The maximum atomic E-state index is 12.1. The molecule has 2 rings (SSSR count). The highest BCUT2D eigenvalue weighted by Crippen LogP contribution is 2.21. The van der Waals surface area contributed by atoms with Crippen molar-refractivity contribution in [2.45, 2.75) is 20.0 Å². The number of esters is 1. The quantitative estimate of drug-likeness (QED) is 0.372. The van der Waals surface area contributed by atoms with Gasteiger partial charge < -0.3 is 15.8 Å². The fourth-order valence-corrected chi connectivity index (χ4v) is 2.09. The van der Waals surface area contributed by atoms with Gasteiger partial charge in [0.2, 0.25) is 0 Å². The summed E-state index contributed by atoms with van der Waals surface area (Å²) in [6.07, 6.45) is -1.07. The summed E-state index contributed by atoms with van der Waals surface area (Å²) >= 11 is 0. The van der Waals surface area contributed by atoms with Crippen LogP contribution in [0.4, 0.5) is 17.1 Å². The Morgan fingerprint density at radius 1 is 1.24 bits per heavy atom. The minimum atomic E-state index is -1.07. The maximum absolute atomic E-state index is 12.1. The van der Waals surface area contributed by atoms with E-state index in [1.165, 1.54) is 13.0 Å². The van der Waals surface area contributed by atoms with Gasteiger partial charge in [0.05, 0.1) is 16.2 Å². The van der Waals surface area contributed by atoms with Crippen molar-refractivity contribution in [2.24, 2.45) is 0 Å². The average molecular weight is 343 g/mol. The van der Waals surface area contributed by atoms with Gasteiger partial charge in [0.1, 0.15) is 0 Å². The van der Waals surface area contributed by atoms with Crippen LogP contribution in [0, 0.1) is 17.0 Å². The molecule has 8 heteroatoms.